The van der Waals surface area contributed by atoms with Crippen LogP contribution in [-0.2, 0) is 11.3 Å². The van der Waals surface area contributed by atoms with Crippen molar-refractivity contribution >= 4 is 5.84 Å². The molecule has 0 saturated heterocycles. The van der Waals surface area contributed by atoms with Gasteiger partial charge in [-0.05, 0) is 5.56 Å². The molecule has 0 spiro atoms. The van der Waals surface area contributed by atoms with Crippen LogP contribution < -0.4 is 11.1 Å². The Balaban J connectivity index is 2.53. The van der Waals surface area contributed by atoms with E-state index >= 15 is 0 Å². The standard InChI is InChI=1S/C12H19N3O3/c1-18-8-11(7-16)14-6-9-2-4-10(5-3-9)12(13)15-17/h2-5,11,14,16-17H,6-8H2,1H3,(H2,13,15). The first-order valence-corrected chi connectivity index (χ1v) is 5.61. The second-order valence-electron chi connectivity index (χ2n) is 3.90. The van der Waals surface area contributed by atoms with Crippen molar-refractivity contribution in [2.24, 2.45) is 10.9 Å². The molecule has 5 N–H and O–H groups in total. The summed E-state index contributed by atoms with van der Waals surface area (Å²) in [7, 11) is 1.59. The summed E-state index contributed by atoms with van der Waals surface area (Å²) in [6, 6.07) is 7.22. The number of hydrogen-bond donors (Lipinski definition) is 4. The van der Waals surface area contributed by atoms with Crippen LogP contribution in [0, 0.1) is 0 Å². The Hall–Kier alpha value is -1.63. The Bertz CT molecular complexity index is 379. The number of hydrogen-bond acceptors (Lipinski definition) is 5. The number of nitrogens with two attached hydrogens (primary N) is 1. The van der Waals surface area contributed by atoms with Gasteiger partial charge in [-0.1, -0.05) is 29.4 Å². The first kappa shape index (κ1) is 14.4. The van der Waals surface area contributed by atoms with Crippen molar-refractivity contribution in [2.45, 2.75) is 12.6 Å². The first-order valence-electron chi connectivity index (χ1n) is 5.61. The highest BCUT2D eigenvalue weighted by Gasteiger charge is 2.06. The maximum Gasteiger partial charge on any atom is 0.170 e. The van der Waals surface area contributed by atoms with Crippen LogP contribution in [0.15, 0.2) is 29.4 Å². The highest BCUT2D eigenvalue weighted by atomic mass is 16.5. The number of nitrogens with one attached hydrogen (secondary N) is 1. The molecule has 100 valence electrons. The van der Waals surface area contributed by atoms with Crippen LogP contribution in [-0.4, -0.2) is 42.5 Å². The second-order valence-corrected chi connectivity index (χ2v) is 3.90. The second kappa shape index (κ2) is 7.65. The Kier molecular flexibility index (Phi) is 6.13. The Morgan fingerprint density at radius 3 is 2.61 bits per heavy atom. The lowest BCUT2D eigenvalue weighted by Gasteiger charge is -2.15. The Morgan fingerprint density at radius 1 is 1.44 bits per heavy atom. The van der Waals surface area contributed by atoms with Crippen molar-refractivity contribution in [3.05, 3.63) is 35.4 Å². The van der Waals surface area contributed by atoms with Crippen molar-refractivity contribution < 1.29 is 15.1 Å². The monoisotopic (exact) mass is 253 g/mol. The average Bonchev–Trinajstić information content (AvgIpc) is 2.43. The number of oxime groups is 1. The third-order valence-corrected chi connectivity index (χ3v) is 2.54. The zero-order valence-corrected chi connectivity index (χ0v) is 10.3. The summed E-state index contributed by atoms with van der Waals surface area (Å²) in [5.74, 6) is 0.0853. The minimum atomic E-state index is -0.0845. The predicted octanol–water partition coefficient (Wildman–Crippen LogP) is -0.122. The molecule has 0 aromatic heterocycles. The van der Waals surface area contributed by atoms with Crippen LogP contribution in [0.3, 0.4) is 0 Å². The van der Waals surface area contributed by atoms with E-state index in [1.54, 1.807) is 19.2 Å². The van der Waals surface area contributed by atoms with Crippen LogP contribution in [0.2, 0.25) is 0 Å². The third kappa shape index (κ3) is 4.33. The van der Waals surface area contributed by atoms with Gasteiger partial charge >= 0.3 is 0 Å². The fourth-order valence-electron chi connectivity index (χ4n) is 1.49. The van der Waals surface area contributed by atoms with Gasteiger partial charge in [-0.15, -0.1) is 0 Å². The van der Waals surface area contributed by atoms with E-state index < -0.39 is 0 Å². The SMILES string of the molecule is COCC(CO)NCc1ccc(/C(N)=N/O)cc1. The van der Waals surface area contributed by atoms with Crippen LogP contribution in [0.25, 0.3) is 0 Å². The molecule has 6 nitrogen and oxygen atoms in total. The molecule has 0 bridgehead atoms. The van der Waals surface area contributed by atoms with Crippen LogP contribution in [0.1, 0.15) is 11.1 Å². The van der Waals surface area contributed by atoms with E-state index in [9.17, 15) is 0 Å². The minimum Gasteiger partial charge on any atom is -0.409 e. The third-order valence-electron chi connectivity index (χ3n) is 2.54. The predicted molar refractivity (Wildman–Crippen MR) is 68.5 cm³/mol. The summed E-state index contributed by atoms with van der Waals surface area (Å²) in [5.41, 5.74) is 7.17. The van der Waals surface area contributed by atoms with Crippen LogP contribution in [0.4, 0.5) is 0 Å². The molecule has 0 aliphatic carbocycles. The maximum absolute atomic E-state index is 9.08. The van der Waals surface area contributed by atoms with Gasteiger partial charge in [-0.25, -0.2) is 0 Å². The highest BCUT2D eigenvalue weighted by Crippen LogP contribution is 2.04. The molecule has 0 aliphatic rings. The molecular weight excluding hydrogens is 234 g/mol. The highest BCUT2D eigenvalue weighted by molar-refractivity contribution is 5.96. The zero-order chi connectivity index (χ0) is 13.4. The number of rotatable bonds is 7. The smallest absolute Gasteiger partial charge is 0.170 e. The van der Waals surface area contributed by atoms with Crippen molar-refractivity contribution in [1.29, 1.82) is 0 Å². The van der Waals surface area contributed by atoms with Crippen molar-refractivity contribution in [2.75, 3.05) is 20.3 Å². The molecule has 0 heterocycles. The van der Waals surface area contributed by atoms with Crippen molar-refractivity contribution in [3.8, 4) is 0 Å². The number of aliphatic hydroxyl groups is 1. The molecule has 0 radical (unpaired) electrons. The lowest BCUT2D eigenvalue weighted by molar-refractivity contribution is 0.128. The van der Waals surface area contributed by atoms with Gasteiger partial charge in [0.05, 0.1) is 19.3 Å². The lowest BCUT2D eigenvalue weighted by atomic mass is 10.1. The number of aliphatic hydroxyl groups excluding tert-OH is 1. The number of benzene rings is 1. The molecule has 1 atom stereocenters. The maximum atomic E-state index is 9.08. The number of nitrogens with zero attached hydrogens (tertiary/aromatic N) is 1. The van der Waals surface area contributed by atoms with Gasteiger partial charge in [0.25, 0.3) is 0 Å². The van der Waals surface area contributed by atoms with E-state index in [2.05, 4.69) is 10.5 Å². The van der Waals surface area contributed by atoms with Gasteiger partial charge < -0.3 is 26.1 Å². The van der Waals surface area contributed by atoms with Crippen LogP contribution >= 0.6 is 0 Å². The molecule has 1 aromatic rings. The van der Waals surface area contributed by atoms with E-state index in [0.29, 0.717) is 18.7 Å². The van der Waals surface area contributed by atoms with Gasteiger partial charge in [0, 0.05) is 19.2 Å². The zero-order valence-electron chi connectivity index (χ0n) is 10.3. The van der Waals surface area contributed by atoms with Crippen molar-refractivity contribution in [1.82, 2.24) is 5.32 Å². The summed E-state index contributed by atoms with van der Waals surface area (Å²) >= 11 is 0. The summed E-state index contributed by atoms with van der Waals surface area (Å²) in [4.78, 5) is 0. The molecule has 0 saturated carbocycles. The number of ether oxygens (including phenoxy) is 1. The quantitative estimate of drug-likeness (QED) is 0.235. The fraction of sp³-hybridized carbons (Fsp3) is 0.417. The summed E-state index contributed by atoms with van der Waals surface area (Å²) in [5, 5.41) is 23.7. The first-order chi connectivity index (χ1) is 8.71. The molecule has 1 rings (SSSR count). The summed E-state index contributed by atoms with van der Waals surface area (Å²) < 4.78 is 4.97. The number of amidine groups is 1. The molecule has 0 amide bonds. The molecule has 0 aliphatic heterocycles. The van der Waals surface area contributed by atoms with Gasteiger partial charge in [0.2, 0.25) is 0 Å². The molecule has 18 heavy (non-hydrogen) atoms. The van der Waals surface area contributed by atoms with E-state index in [1.807, 2.05) is 12.1 Å². The molecule has 1 unspecified atom stereocenters. The van der Waals surface area contributed by atoms with E-state index in [1.165, 1.54) is 0 Å². The largest absolute Gasteiger partial charge is 0.409 e. The van der Waals surface area contributed by atoms with Gasteiger partial charge in [0.15, 0.2) is 5.84 Å². The van der Waals surface area contributed by atoms with E-state index in [4.69, 9.17) is 20.8 Å². The van der Waals surface area contributed by atoms with Gasteiger partial charge in [-0.2, -0.15) is 0 Å². The molecule has 0 fully saturated rings. The molecular formula is C12H19N3O3. The van der Waals surface area contributed by atoms with Gasteiger partial charge in [0.1, 0.15) is 0 Å². The van der Waals surface area contributed by atoms with Gasteiger partial charge in [-0.3, -0.25) is 0 Å². The fourth-order valence-corrected chi connectivity index (χ4v) is 1.49. The minimum absolute atomic E-state index is 0.0239. The number of methoxy groups -OCH3 is 1. The molecule has 6 heteroatoms. The van der Waals surface area contributed by atoms with E-state index in [0.717, 1.165) is 5.56 Å². The van der Waals surface area contributed by atoms with Crippen LogP contribution in [0.5, 0.6) is 0 Å². The summed E-state index contributed by atoms with van der Waals surface area (Å²) in [6.07, 6.45) is 0. The normalized spacial score (nSPS) is 13.6. The van der Waals surface area contributed by atoms with E-state index in [-0.39, 0.29) is 18.5 Å². The lowest BCUT2D eigenvalue weighted by Crippen LogP contribution is -2.35. The van der Waals surface area contributed by atoms with Crippen molar-refractivity contribution in [3.63, 3.8) is 0 Å². The average molecular weight is 253 g/mol. The summed E-state index contributed by atoms with van der Waals surface area (Å²) in [6.45, 7) is 1.10. The Labute approximate surface area is 106 Å². The topological polar surface area (TPSA) is 100 Å². The molecule has 1 aromatic carbocycles. The Morgan fingerprint density at radius 2 is 2.11 bits per heavy atom.